The number of nitrogens with zero attached hydrogens (tertiary/aromatic N) is 3. The molecule has 14 heteroatoms. The van der Waals surface area contributed by atoms with Crippen molar-refractivity contribution < 1.29 is 28.8 Å². The van der Waals surface area contributed by atoms with Gasteiger partial charge in [-0.05, 0) is 18.2 Å². The number of nitrogens with one attached hydrogen (secondary N) is 2. The van der Waals surface area contributed by atoms with Gasteiger partial charge in [-0.1, -0.05) is 35.0 Å². The summed E-state index contributed by atoms with van der Waals surface area (Å²) in [6.45, 7) is -0.602. The Hall–Kier alpha value is -2.37. The average Bonchev–Trinajstić information content (AvgIpc) is 2.81. The van der Waals surface area contributed by atoms with Gasteiger partial charge < -0.3 is 25.4 Å². The van der Waals surface area contributed by atoms with Crippen molar-refractivity contribution in [2.75, 3.05) is 6.61 Å². The van der Waals surface area contributed by atoms with Crippen molar-refractivity contribution in [3.05, 3.63) is 63.5 Å². The Morgan fingerprint density at radius 3 is 2.56 bits per heavy atom. The molecule has 1 aromatic heterocycles. The Labute approximate surface area is 206 Å². The molecule has 1 saturated heterocycles. The second-order valence-electron chi connectivity index (χ2n) is 7.02. The molecule has 34 heavy (non-hydrogen) atoms. The molecule has 0 bridgehead atoms. The number of ether oxygens (including phenoxy) is 1. The maximum Gasteiger partial charge on any atom is 0.154 e. The van der Waals surface area contributed by atoms with Crippen LogP contribution in [0.25, 0.3) is 5.70 Å². The van der Waals surface area contributed by atoms with Crippen molar-refractivity contribution in [1.29, 1.82) is 10.8 Å². The number of aliphatic hydroxyl groups excluding tert-OH is 3. The van der Waals surface area contributed by atoms with E-state index in [1.54, 1.807) is 0 Å². The zero-order valence-electron chi connectivity index (χ0n) is 17.0. The summed E-state index contributed by atoms with van der Waals surface area (Å²) in [5.74, 6) is -2.12. The number of aromatic nitrogens is 1. The van der Waals surface area contributed by atoms with Gasteiger partial charge in [-0.25, -0.2) is 19.3 Å². The van der Waals surface area contributed by atoms with Crippen LogP contribution in [0.1, 0.15) is 11.3 Å². The minimum Gasteiger partial charge on any atom is -0.394 e. The smallest absolute Gasteiger partial charge is 0.154 e. The predicted molar refractivity (Wildman–Crippen MR) is 119 cm³/mol. The van der Waals surface area contributed by atoms with E-state index in [0.717, 1.165) is 30.1 Å². The summed E-state index contributed by atoms with van der Waals surface area (Å²) in [5, 5.41) is 45.8. The molecule has 0 radical (unpaired) electrons. The number of benzene rings is 1. The number of thioether (sulfide) groups is 1. The lowest BCUT2D eigenvalue weighted by molar-refractivity contribution is -0.164. The third-order valence-electron chi connectivity index (χ3n) is 4.87. The summed E-state index contributed by atoms with van der Waals surface area (Å²) in [6, 6.07) is 3.93. The summed E-state index contributed by atoms with van der Waals surface area (Å²) in [7, 11) is 0. The molecule has 180 valence electrons. The summed E-state index contributed by atoms with van der Waals surface area (Å²) in [6.07, 6.45) is -1.62. The van der Waals surface area contributed by atoms with Gasteiger partial charge in [0.25, 0.3) is 0 Å². The molecule has 2 heterocycles. The van der Waals surface area contributed by atoms with Crippen molar-refractivity contribution in [2.45, 2.75) is 34.7 Å². The van der Waals surface area contributed by atoms with Crippen LogP contribution in [0.3, 0.4) is 0 Å². The zero-order chi connectivity index (χ0) is 25.0. The van der Waals surface area contributed by atoms with E-state index in [9.17, 15) is 29.4 Å². The molecular weight excluding hydrogens is 515 g/mol. The van der Waals surface area contributed by atoms with Crippen molar-refractivity contribution in [3.8, 4) is 6.07 Å². The van der Waals surface area contributed by atoms with Gasteiger partial charge in [0, 0.05) is 22.9 Å². The van der Waals surface area contributed by atoms with E-state index in [1.165, 1.54) is 12.3 Å². The van der Waals surface area contributed by atoms with Gasteiger partial charge in [-0.2, -0.15) is 10.4 Å². The molecule has 5 N–H and O–H groups in total. The molecule has 3 unspecified atom stereocenters. The van der Waals surface area contributed by atoms with Crippen LogP contribution >= 0.6 is 35.0 Å². The highest BCUT2D eigenvalue weighted by Gasteiger charge is 2.44. The van der Waals surface area contributed by atoms with Gasteiger partial charge in [0.15, 0.2) is 5.69 Å². The lowest BCUT2D eigenvalue weighted by Crippen LogP contribution is -2.62. The number of hydrogen-bond acceptors (Lipinski definition) is 10. The Morgan fingerprint density at radius 1 is 1.29 bits per heavy atom. The van der Waals surface area contributed by atoms with E-state index in [2.05, 4.69) is 15.4 Å². The van der Waals surface area contributed by atoms with E-state index in [-0.39, 0.29) is 22.0 Å². The van der Waals surface area contributed by atoms with Crippen LogP contribution in [0.4, 0.5) is 8.78 Å². The van der Waals surface area contributed by atoms with Crippen LogP contribution in [-0.2, 0) is 4.74 Å². The van der Waals surface area contributed by atoms with Crippen LogP contribution in [0.15, 0.2) is 40.6 Å². The van der Waals surface area contributed by atoms with Crippen LogP contribution in [0.5, 0.6) is 0 Å². The van der Waals surface area contributed by atoms with Crippen molar-refractivity contribution >= 4 is 40.7 Å². The number of halogens is 4. The zero-order valence-corrected chi connectivity index (χ0v) is 19.3. The van der Waals surface area contributed by atoms with E-state index in [1.807, 2.05) is 6.07 Å². The third kappa shape index (κ3) is 5.64. The minimum atomic E-state index is -1.42. The molecule has 0 amide bonds. The van der Waals surface area contributed by atoms with Crippen LogP contribution in [-0.4, -0.2) is 56.7 Å². The molecule has 0 aliphatic carbocycles. The molecule has 1 aliphatic rings. The molecule has 0 saturated carbocycles. The molecule has 3 rings (SSSR count). The molecule has 1 aliphatic heterocycles. The highest BCUT2D eigenvalue weighted by molar-refractivity contribution is 7.99. The largest absolute Gasteiger partial charge is 0.394 e. The predicted octanol–water partition coefficient (Wildman–Crippen LogP) is 3.06. The fourth-order valence-corrected chi connectivity index (χ4v) is 4.65. The van der Waals surface area contributed by atoms with E-state index in [4.69, 9.17) is 33.5 Å². The maximum atomic E-state index is 13.8. The fourth-order valence-electron chi connectivity index (χ4n) is 3.16. The minimum absolute atomic E-state index is 0.0309. The first-order valence-electron chi connectivity index (χ1n) is 9.53. The Kier molecular flexibility index (Phi) is 8.78. The molecule has 9 nitrogen and oxygen atoms in total. The van der Waals surface area contributed by atoms with Gasteiger partial charge in [0.05, 0.1) is 17.7 Å². The van der Waals surface area contributed by atoms with Crippen LogP contribution in [0.2, 0.25) is 10.0 Å². The van der Waals surface area contributed by atoms with Gasteiger partial charge >= 0.3 is 0 Å². The first kappa shape index (κ1) is 26.2. The second kappa shape index (κ2) is 11.4. The van der Waals surface area contributed by atoms with E-state index >= 15 is 0 Å². The molecule has 1 aromatic carbocycles. The Morgan fingerprint density at radius 2 is 1.97 bits per heavy atom. The van der Waals surface area contributed by atoms with Crippen LogP contribution in [0, 0.1) is 28.5 Å². The molecule has 2 aromatic rings. The van der Waals surface area contributed by atoms with Gasteiger partial charge in [0.1, 0.15) is 52.2 Å². The van der Waals surface area contributed by atoms with E-state index < -0.39 is 53.1 Å². The molecule has 5 atom stereocenters. The SMILES string of the molecule is N#Cc1ncc(Cl)cc1S[C@H]1OC(CO)[C@H](O)C(N/C=C(\N=N)c2cc(F)c(Cl)c(F)c2)C1O. The van der Waals surface area contributed by atoms with Crippen molar-refractivity contribution in [3.63, 3.8) is 0 Å². The lowest BCUT2D eigenvalue weighted by Gasteiger charge is -2.42. The van der Waals surface area contributed by atoms with Gasteiger partial charge in [-0.3, -0.25) is 0 Å². The second-order valence-corrected chi connectivity index (χ2v) is 8.98. The highest BCUT2D eigenvalue weighted by atomic mass is 35.5. The Bertz CT molecular complexity index is 1130. The summed E-state index contributed by atoms with van der Waals surface area (Å²) < 4.78 is 33.2. The van der Waals surface area contributed by atoms with Crippen molar-refractivity contribution in [1.82, 2.24) is 10.3 Å². The first-order valence-corrected chi connectivity index (χ1v) is 11.2. The van der Waals surface area contributed by atoms with Crippen molar-refractivity contribution in [2.24, 2.45) is 5.11 Å². The number of pyridine rings is 1. The standard InChI is InChI=1S/C20H17Cl2F2N5O4S/c21-9-3-15(12(4-25)27-5-9)34-20-19(32)17(18(31)14(7-30)33-20)28-6-13(29-26)8-1-10(23)16(22)11(24)2-8/h1-3,5-6,14,17-20,26,28,30-32H,7H2/b13-6-,29-26?/t14?,17?,18-,19?,20+/m0/s1. The number of hydrogen-bond donors (Lipinski definition) is 5. The number of nitriles is 1. The lowest BCUT2D eigenvalue weighted by atomic mass is 9.97. The average molecular weight is 532 g/mol. The summed E-state index contributed by atoms with van der Waals surface area (Å²) >= 11 is 12.3. The number of aliphatic hydroxyl groups is 3. The highest BCUT2D eigenvalue weighted by Crippen LogP contribution is 2.35. The summed E-state index contributed by atoms with van der Waals surface area (Å²) in [5.41, 5.74) is 5.94. The van der Waals surface area contributed by atoms with Gasteiger partial charge in [-0.15, -0.1) is 0 Å². The van der Waals surface area contributed by atoms with Crippen LogP contribution < -0.4 is 5.32 Å². The number of rotatable bonds is 7. The van der Waals surface area contributed by atoms with Gasteiger partial charge in [0.2, 0.25) is 0 Å². The monoisotopic (exact) mass is 531 g/mol. The quantitative estimate of drug-likeness (QED) is 0.269. The third-order valence-corrected chi connectivity index (χ3v) is 6.62. The Balaban J connectivity index is 1.88. The van der Waals surface area contributed by atoms with E-state index in [0.29, 0.717) is 4.90 Å². The molecule has 0 spiro atoms. The topological polar surface area (TPSA) is 155 Å². The normalized spacial score (nSPS) is 25.0. The fraction of sp³-hybridized carbons (Fsp3) is 0.300. The first-order chi connectivity index (χ1) is 16.2. The molecule has 1 fully saturated rings. The summed E-state index contributed by atoms with van der Waals surface area (Å²) in [4.78, 5) is 4.21. The maximum absolute atomic E-state index is 13.8. The molecular formula is C20H17Cl2F2N5O4S.